The number of nitro groups is 1. The lowest BCUT2D eigenvalue weighted by atomic mass is 10.1. The molecule has 0 unspecified atom stereocenters. The van der Waals surface area contributed by atoms with Crippen molar-refractivity contribution in [2.45, 2.75) is 6.18 Å². The number of rotatable bonds is 5. The maximum absolute atomic E-state index is 12.9. The Labute approximate surface area is 210 Å². The number of hydrogen-bond donors (Lipinski definition) is 1. The molecular formula is C24H13ClF3N3O6. The van der Waals surface area contributed by atoms with Crippen molar-refractivity contribution in [3.8, 4) is 11.5 Å². The summed E-state index contributed by atoms with van der Waals surface area (Å²) in [6.45, 7) is 0. The number of amides is 4. The van der Waals surface area contributed by atoms with E-state index in [4.69, 9.17) is 16.3 Å². The molecule has 188 valence electrons. The fraction of sp³-hybridized carbons (Fsp3) is 0.0417. The molecule has 37 heavy (non-hydrogen) atoms. The summed E-state index contributed by atoms with van der Waals surface area (Å²) in [4.78, 5) is 48.5. The van der Waals surface area contributed by atoms with Gasteiger partial charge >= 0.3 is 17.9 Å². The minimum absolute atomic E-state index is 0.0418. The van der Waals surface area contributed by atoms with E-state index in [0.717, 1.165) is 11.0 Å². The molecule has 0 bridgehead atoms. The van der Waals surface area contributed by atoms with E-state index in [2.05, 4.69) is 5.32 Å². The number of alkyl halides is 3. The molecule has 4 amide bonds. The predicted octanol–water partition coefficient (Wildman–Crippen LogP) is 5.73. The lowest BCUT2D eigenvalue weighted by Crippen LogP contribution is -2.54. The topological polar surface area (TPSA) is 119 Å². The molecule has 0 aromatic heterocycles. The quantitative estimate of drug-likeness (QED) is 0.194. The molecule has 13 heteroatoms. The number of urea groups is 1. The first-order valence-corrected chi connectivity index (χ1v) is 10.6. The molecule has 0 radical (unpaired) electrons. The van der Waals surface area contributed by atoms with Gasteiger partial charge in [-0.05, 0) is 54.1 Å². The summed E-state index contributed by atoms with van der Waals surface area (Å²) in [5, 5.41) is 13.6. The maximum atomic E-state index is 12.9. The second-order valence-electron chi connectivity index (χ2n) is 7.55. The molecule has 0 saturated carbocycles. The first kappa shape index (κ1) is 25.4. The smallest absolute Gasteiger partial charge is 0.416 e. The van der Waals surface area contributed by atoms with E-state index in [1.165, 1.54) is 48.5 Å². The second-order valence-corrected chi connectivity index (χ2v) is 7.98. The van der Waals surface area contributed by atoms with Crippen molar-refractivity contribution in [1.29, 1.82) is 0 Å². The van der Waals surface area contributed by atoms with Crippen molar-refractivity contribution in [3.63, 3.8) is 0 Å². The Morgan fingerprint density at radius 2 is 1.70 bits per heavy atom. The normalized spacial score (nSPS) is 15.1. The zero-order valence-corrected chi connectivity index (χ0v) is 19.0. The van der Waals surface area contributed by atoms with Crippen LogP contribution >= 0.6 is 11.6 Å². The number of barbiturate groups is 1. The van der Waals surface area contributed by atoms with Gasteiger partial charge in [-0.1, -0.05) is 29.8 Å². The molecular weight excluding hydrogens is 519 g/mol. The number of carbonyl (C=O) groups is 3. The highest BCUT2D eigenvalue weighted by molar-refractivity contribution is 6.39. The Morgan fingerprint density at radius 1 is 1.00 bits per heavy atom. The Morgan fingerprint density at radius 3 is 2.32 bits per heavy atom. The average Bonchev–Trinajstić information content (AvgIpc) is 2.82. The number of anilines is 1. The molecule has 1 aliphatic heterocycles. The minimum Gasteiger partial charge on any atom is -0.450 e. The molecule has 1 aliphatic rings. The van der Waals surface area contributed by atoms with E-state index in [9.17, 15) is 37.7 Å². The summed E-state index contributed by atoms with van der Waals surface area (Å²) in [5.74, 6) is -2.19. The highest BCUT2D eigenvalue weighted by Gasteiger charge is 2.37. The zero-order chi connectivity index (χ0) is 26.9. The molecule has 9 nitrogen and oxygen atoms in total. The van der Waals surface area contributed by atoms with Gasteiger partial charge in [-0.2, -0.15) is 13.2 Å². The van der Waals surface area contributed by atoms with Crippen LogP contribution in [-0.2, 0) is 15.8 Å². The van der Waals surface area contributed by atoms with Crippen LogP contribution in [0.15, 0.2) is 72.3 Å². The van der Waals surface area contributed by atoms with Crippen molar-refractivity contribution in [2.75, 3.05) is 4.90 Å². The molecule has 4 rings (SSSR count). The van der Waals surface area contributed by atoms with Crippen LogP contribution in [-0.4, -0.2) is 22.8 Å². The average molecular weight is 532 g/mol. The number of nitro benzene ring substituents is 1. The summed E-state index contributed by atoms with van der Waals surface area (Å²) in [5.41, 5.74) is -1.96. The van der Waals surface area contributed by atoms with Gasteiger partial charge in [0.15, 0.2) is 0 Å². The van der Waals surface area contributed by atoms with Crippen molar-refractivity contribution < 1.29 is 37.2 Å². The number of benzene rings is 3. The zero-order valence-electron chi connectivity index (χ0n) is 18.3. The molecule has 0 spiro atoms. The van der Waals surface area contributed by atoms with Gasteiger partial charge < -0.3 is 4.74 Å². The van der Waals surface area contributed by atoms with Crippen LogP contribution in [0.1, 0.15) is 11.1 Å². The van der Waals surface area contributed by atoms with Crippen LogP contribution < -0.4 is 15.0 Å². The Hall–Kier alpha value is -4.71. The van der Waals surface area contributed by atoms with Crippen LogP contribution in [0.3, 0.4) is 0 Å². The third-order valence-electron chi connectivity index (χ3n) is 5.07. The number of nitrogens with zero attached hydrogens (tertiary/aromatic N) is 2. The largest absolute Gasteiger partial charge is 0.450 e. The van der Waals surface area contributed by atoms with Crippen LogP contribution in [0.4, 0.5) is 29.3 Å². The van der Waals surface area contributed by atoms with Gasteiger partial charge in [0.25, 0.3) is 11.8 Å². The maximum Gasteiger partial charge on any atom is 0.416 e. The van der Waals surface area contributed by atoms with Crippen molar-refractivity contribution in [2.24, 2.45) is 0 Å². The Balaban J connectivity index is 1.59. The van der Waals surface area contributed by atoms with E-state index < -0.39 is 45.9 Å². The van der Waals surface area contributed by atoms with Crippen molar-refractivity contribution >= 4 is 46.9 Å². The minimum atomic E-state index is -4.77. The molecule has 3 aromatic rings. The van der Waals surface area contributed by atoms with Crippen molar-refractivity contribution in [3.05, 3.63) is 98.6 Å². The van der Waals surface area contributed by atoms with E-state index in [-0.39, 0.29) is 22.0 Å². The van der Waals surface area contributed by atoms with Crippen LogP contribution in [0.2, 0.25) is 5.02 Å². The summed E-state index contributed by atoms with van der Waals surface area (Å²) >= 11 is 5.93. The summed E-state index contributed by atoms with van der Waals surface area (Å²) < 4.78 is 44.1. The second kappa shape index (κ2) is 9.74. The van der Waals surface area contributed by atoms with Gasteiger partial charge in [-0.3, -0.25) is 25.0 Å². The fourth-order valence-corrected chi connectivity index (χ4v) is 3.54. The van der Waals surface area contributed by atoms with E-state index in [1.807, 2.05) is 0 Å². The molecule has 0 aliphatic carbocycles. The molecule has 3 aromatic carbocycles. The molecule has 0 atom stereocenters. The van der Waals surface area contributed by atoms with Crippen molar-refractivity contribution in [1.82, 2.24) is 5.32 Å². The SMILES string of the molecule is O=C1NC(=O)N(c2cccc(Cl)c2)C(=O)/C1=C/c1ccc(Oc2ccc(C(F)(F)F)cc2[N+](=O)[O-])cc1. The van der Waals surface area contributed by atoms with Gasteiger partial charge in [0.2, 0.25) is 5.75 Å². The third-order valence-corrected chi connectivity index (χ3v) is 5.31. The summed E-state index contributed by atoms with van der Waals surface area (Å²) in [6.07, 6.45) is -3.56. The van der Waals surface area contributed by atoms with E-state index >= 15 is 0 Å². The van der Waals surface area contributed by atoms with Crippen LogP contribution in [0.5, 0.6) is 11.5 Å². The Bertz CT molecular complexity index is 1470. The van der Waals surface area contributed by atoms with E-state index in [0.29, 0.717) is 17.7 Å². The van der Waals surface area contributed by atoms with E-state index in [1.54, 1.807) is 6.07 Å². The monoisotopic (exact) mass is 531 g/mol. The highest BCUT2D eigenvalue weighted by Crippen LogP contribution is 2.38. The number of nitrogens with one attached hydrogen (secondary N) is 1. The first-order valence-electron chi connectivity index (χ1n) is 10.2. The molecule has 1 N–H and O–H groups in total. The lowest BCUT2D eigenvalue weighted by Gasteiger charge is -2.26. The highest BCUT2D eigenvalue weighted by atomic mass is 35.5. The van der Waals surface area contributed by atoms with Gasteiger partial charge in [-0.15, -0.1) is 0 Å². The summed E-state index contributed by atoms with van der Waals surface area (Å²) in [7, 11) is 0. The van der Waals surface area contributed by atoms with Gasteiger partial charge in [-0.25, -0.2) is 9.69 Å². The molecule has 1 heterocycles. The van der Waals surface area contributed by atoms with Gasteiger partial charge in [0.1, 0.15) is 11.3 Å². The number of ether oxygens (including phenoxy) is 1. The van der Waals surface area contributed by atoms with Gasteiger partial charge in [0.05, 0.1) is 16.2 Å². The molecule has 1 saturated heterocycles. The number of imide groups is 2. The van der Waals surface area contributed by atoms with Crippen LogP contribution in [0, 0.1) is 10.1 Å². The third kappa shape index (κ3) is 5.43. The predicted molar refractivity (Wildman–Crippen MR) is 125 cm³/mol. The first-order chi connectivity index (χ1) is 17.4. The fourth-order valence-electron chi connectivity index (χ4n) is 3.36. The number of hydrogen-bond acceptors (Lipinski definition) is 6. The van der Waals surface area contributed by atoms with Crippen LogP contribution in [0.25, 0.3) is 6.08 Å². The number of halogens is 4. The Kier molecular flexibility index (Phi) is 6.68. The molecule has 1 fully saturated rings. The van der Waals surface area contributed by atoms with Gasteiger partial charge in [0, 0.05) is 11.1 Å². The lowest BCUT2D eigenvalue weighted by molar-refractivity contribution is -0.385. The summed E-state index contributed by atoms with van der Waals surface area (Å²) in [6, 6.07) is 12.3. The number of carbonyl (C=O) groups excluding carboxylic acids is 3. The standard InChI is InChI=1S/C24H13ClF3N3O6/c25-15-2-1-3-16(12-15)30-22(33)18(21(32)29-23(30)34)10-13-4-7-17(8-5-13)37-20-9-6-14(24(26,27)28)11-19(20)31(35)36/h1-12H,(H,29,32,34)/b18-10+.